The van der Waals surface area contributed by atoms with Crippen molar-refractivity contribution in [3.8, 4) is 0 Å². The topological polar surface area (TPSA) is 63.6 Å². The molecule has 0 aromatic carbocycles. The summed E-state index contributed by atoms with van der Waals surface area (Å²) in [6.07, 6.45) is 1.72. The maximum Gasteiger partial charge on any atom is 0.333 e. The summed E-state index contributed by atoms with van der Waals surface area (Å²) in [5, 5.41) is 8.97. The van der Waals surface area contributed by atoms with Gasteiger partial charge in [0.25, 0.3) is 0 Å². The molecule has 1 aliphatic carbocycles. The molecule has 1 N–H and O–H groups in total. The molecule has 4 nitrogen and oxygen atoms in total. The fourth-order valence-electron chi connectivity index (χ4n) is 2.04. The average molecular weight is 226 g/mol. The SMILES string of the molecule is CCOC(=O)C(C)=C[C@H]1[C@@H](C(=O)O)C1(C)C. The molecule has 4 heteroatoms. The van der Waals surface area contributed by atoms with Crippen molar-refractivity contribution in [2.24, 2.45) is 17.3 Å². The summed E-state index contributed by atoms with van der Waals surface area (Å²) in [5.74, 6) is -1.64. The normalized spacial score (nSPS) is 27.4. The van der Waals surface area contributed by atoms with Gasteiger partial charge in [0.2, 0.25) is 0 Å². The van der Waals surface area contributed by atoms with Crippen molar-refractivity contribution in [3.63, 3.8) is 0 Å². The lowest BCUT2D eigenvalue weighted by atomic mass is 10.1. The first-order valence-corrected chi connectivity index (χ1v) is 5.40. The van der Waals surface area contributed by atoms with Crippen LogP contribution in [0.3, 0.4) is 0 Å². The van der Waals surface area contributed by atoms with Gasteiger partial charge in [0, 0.05) is 5.57 Å². The average Bonchev–Trinajstić information content (AvgIpc) is 2.68. The van der Waals surface area contributed by atoms with Gasteiger partial charge in [0.15, 0.2) is 0 Å². The molecule has 0 aliphatic heterocycles. The van der Waals surface area contributed by atoms with Crippen LogP contribution in [0.5, 0.6) is 0 Å². The van der Waals surface area contributed by atoms with Gasteiger partial charge in [-0.3, -0.25) is 4.79 Å². The Kier molecular flexibility index (Phi) is 3.41. The van der Waals surface area contributed by atoms with E-state index in [0.717, 1.165) is 0 Å². The zero-order chi connectivity index (χ0) is 12.5. The second-order valence-electron chi connectivity index (χ2n) is 4.73. The van der Waals surface area contributed by atoms with E-state index in [-0.39, 0.29) is 17.3 Å². The number of carbonyl (C=O) groups excluding carboxylic acids is 1. The van der Waals surface area contributed by atoms with E-state index in [4.69, 9.17) is 9.84 Å². The van der Waals surface area contributed by atoms with Crippen molar-refractivity contribution in [1.29, 1.82) is 0 Å². The molecular weight excluding hydrogens is 208 g/mol. The van der Waals surface area contributed by atoms with Gasteiger partial charge in [-0.1, -0.05) is 19.9 Å². The predicted molar refractivity (Wildman–Crippen MR) is 58.8 cm³/mol. The minimum Gasteiger partial charge on any atom is -0.481 e. The van der Waals surface area contributed by atoms with Crippen molar-refractivity contribution in [3.05, 3.63) is 11.6 Å². The molecule has 1 fully saturated rings. The van der Waals surface area contributed by atoms with Crippen molar-refractivity contribution in [2.45, 2.75) is 27.7 Å². The second kappa shape index (κ2) is 4.28. The Bertz CT molecular complexity index is 341. The number of carboxylic acids is 1. The third-order valence-corrected chi connectivity index (χ3v) is 3.20. The summed E-state index contributed by atoms with van der Waals surface area (Å²) in [6, 6.07) is 0. The number of carbonyl (C=O) groups is 2. The van der Waals surface area contributed by atoms with Crippen LogP contribution in [-0.2, 0) is 14.3 Å². The third-order valence-electron chi connectivity index (χ3n) is 3.20. The Balaban J connectivity index is 2.72. The molecule has 2 atom stereocenters. The van der Waals surface area contributed by atoms with E-state index in [1.807, 2.05) is 13.8 Å². The predicted octanol–water partition coefficient (Wildman–Crippen LogP) is 1.85. The molecule has 0 unspecified atom stereocenters. The van der Waals surface area contributed by atoms with Crippen LogP contribution >= 0.6 is 0 Å². The van der Waals surface area contributed by atoms with Crippen molar-refractivity contribution in [1.82, 2.24) is 0 Å². The highest BCUT2D eigenvalue weighted by Crippen LogP contribution is 2.59. The summed E-state index contributed by atoms with van der Waals surface area (Å²) in [6.45, 7) is 7.52. The van der Waals surface area contributed by atoms with Gasteiger partial charge >= 0.3 is 11.9 Å². The Morgan fingerprint density at radius 3 is 2.38 bits per heavy atom. The molecule has 0 bridgehead atoms. The van der Waals surface area contributed by atoms with Crippen LogP contribution in [0.2, 0.25) is 0 Å². The quantitative estimate of drug-likeness (QED) is 0.587. The van der Waals surface area contributed by atoms with Crippen LogP contribution in [0.25, 0.3) is 0 Å². The van der Waals surface area contributed by atoms with Crippen LogP contribution in [-0.4, -0.2) is 23.7 Å². The summed E-state index contributed by atoms with van der Waals surface area (Å²) in [4.78, 5) is 22.3. The molecule has 1 saturated carbocycles. The van der Waals surface area contributed by atoms with E-state index >= 15 is 0 Å². The zero-order valence-corrected chi connectivity index (χ0v) is 10.1. The maximum absolute atomic E-state index is 11.4. The second-order valence-corrected chi connectivity index (χ2v) is 4.73. The summed E-state index contributed by atoms with van der Waals surface area (Å²) in [7, 11) is 0. The van der Waals surface area contributed by atoms with Gasteiger partial charge in [-0.2, -0.15) is 0 Å². The fourth-order valence-corrected chi connectivity index (χ4v) is 2.04. The number of hydrogen-bond donors (Lipinski definition) is 1. The first-order chi connectivity index (χ1) is 7.32. The van der Waals surface area contributed by atoms with Crippen LogP contribution in [0.15, 0.2) is 11.6 Å². The van der Waals surface area contributed by atoms with E-state index in [2.05, 4.69) is 0 Å². The van der Waals surface area contributed by atoms with Gasteiger partial charge in [0.1, 0.15) is 0 Å². The molecule has 1 aliphatic rings. The largest absolute Gasteiger partial charge is 0.481 e. The first kappa shape index (κ1) is 12.7. The molecule has 0 radical (unpaired) electrons. The van der Waals surface area contributed by atoms with E-state index in [1.165, 1.54) is 0 Å². The van der Waals surface area contributed by atoms with Gasteiger partial charge < -0.3 is 9.84 Å². The van der Waals surface area contributed by atoms with Crippen LogP contribution in [0.4, 0.5) is 0 Å². The van der Waals surface area contributed by atoms with E-state index in [9.17, 15) is 9.59 Å². The molecule has 0 spiro atoms. The number of hydrogen-bond acceptors (Lipinski definition) is 3. The Morgan fingerprint density at radius 1 is 1.44 bits per heavy atom. The Hall–Kier alpha value is -1.32. The number of ether oxygens (including phenoxy) is 1. The summed E-state index contributed by atoms with van der Waals surface area (Å²) < 4.78 is 4.84. The lowest BCUT2D eigenvalue weighted by molar-refractivity contribution is -0.140. The molecule has 0 saturated heterocycles. The number of allylic oxidation sites excluding steroid dienone is 1. The molecule has 0 heterocycles. The standard InChI is InChI=1S/C12H18O4/c1-5-16-11(15)7(2)6-8-9(10(13)14)12(8,3)4/h6,8-9H,5H2,1-4H3,(H,13,14)/t8-,9-/m0/s1. The number of rotatable bonds is 4. The highest BCUT2D eigenvalue weighted by molar-refractivity contribution is 5.88. The van der Waals surface area contributed by atoms with Crippen molar-refractivity contribution >= 4 is 11.9 Å². The highest BCUT2D eigenvalue weighted by atomic mass is 16.5. The van der Waals surface area contributed by atoms with Crippen LogP contribution in [0.1, 0.15) is 27.7 Å². The fraction of sp³-hybridized carbons (Fsp3) is 0.667. The molecule has 0 amide bonds. The first-order valence-electron chi connectivity index (χ1n) is 5.40. The van der Waals surface area contributed by atoms with E-state index in [0.29, 0.717) is 12.2 Å². The van der Waals surface area contributed by atoms with Gasteiger partial charge in [-0.05, 0) is 25.2 Å². The summed E-state index contributed by atoms with van der Waals surface area (Å²) >= 11 is 0. The Labute approximate surface area is 95.3 Å². The van der Waals surface area contributed by atoms with E-state index < -0.39 is 11.9 Å². The van der Waals surface area contributed by atoms with Crippen molar-refractivity contribution < 1.29 is 19.4 Å². The number of aliphatic carboxylic acids is 1. The minimum absolute atomic E-state index is 0.0746. The number of esters is 1. The lowest BCUT2D eigenvalue weighted by Gasteiger charge is -2.02. The van der Waals surface area contributed by atoms with Crippen LogP contribution in [0, 0.1) is 17.3 Å². The van der Waals surface area contributed by atoms with Gasteiger partial charge in [-0.15, -0.1) is 0 Å². The highest BCUT2D eigenvalue weighted by Gasteiger charge is 2.61. The molecule has 0 aromatic rings. The third kappa shape index (κ3) is 2.26. The van der Waals surface area contributed by atoms with Crippen LogP contribution < -0.4 is 0 Å². The molecule has 16 heavy (non-hydrogen) atoms. The monoisotopic (exact) mass is 226 g/mol. The number of carboxylic acid groups (broad SMARTS) is 1. The summed E-state index contributed by atoms with van der Waals surface area (Å²) in [5.41, 5.74) is 0.225. The smallest absolute Gasteiger partial charge is 0.333 e. The van der Waals surface area contributed by atoms with E-state index in [1.54, 1.807) is 19.9 Å². The molecule has 0 aromatic heterocycles. The van der Waals surface area contributed by atoms with Gasteiger partial charge in [-0.25, -0.2) is 4.79 Å². The zero-order valence-electron chi connectivity index (χ0n) is 10.1. The molecule has 90 valence electrons. The molecular formula is C12H18O4. The lowest BCUT2D eigenvalue weighted by Crippen LogP contribution is -2.06. The van der Waals surface area contributed by atoms with Gasteiger partial charge in [0.05, 0.1) is 12.5 Å². The minimum atomic E-state index is -0.803. The molecule has 1 rings (SSSR count). The Morgan fingerprint density at radius 2 is 2.00 bits per heavy atom. The maximum atomic E-state index is 11.4. The van der Waals surface area contributed by atoms with Crippen molar-refractivity contribution in [2.75, 3.05) is 6.61 Å².